The van der Waals surface area contributed by atoms with Gasteiger partial charge in [0.1, 0.15) is 22.8 Å². The molecule has 4 nitrogen and oxygen atoms in total. The number of ether oxygens (including phenoxy) is 1. The van der Waals surface area contributed by atoms with Crippen molar-refractivity contribution in [3.8, 4) is 17.1 Å². The predicted molar refractivity (Wildman–Crippen MR) is 74.3 cm³/mol. The molecule has 3 rings (SSSR count). The van der Waals surface area contributed by atoms with E-state index >= 15 is 0 Å². The van der Waals surface area contributed by atoms with Gasteiger partial charge >= 0.3 is 0 Å². The number of hydrogen-bond donors (Lipinski definition) is 1. The summed E-state index contributed by atoms with van der Waals surface area (Å²) in [5, 5.41) is -0.0234. The first-order valence-corrected chi connectivity index (χ1v) is 6.02. The molecule has 0 spiro atoms. The monoisotopic (exact) mass is 270 g/mol. The third kappa shape index (κ3) is 2.03. The highest BCUT2D eigenvalue weighted by atomic mass is 19.1. The van der Waals surface area contributed by atoms with Crippen molar-refractivity contribution < 1.29 is 9.13 Å². The summed E-state index contributed by atoms with van der Waals surface area (Å²) < 4.78 is 18.7. The number of methoxy groups -OCH3 is 1. The molecule has 0 fully saturated rings. The molecule has 1 N–H and O–H groups in total. The first-order chi connectivity index (χ1) is 9.69. The van der Waals surface area contributed by atoms with Crippen LogP contribution in [0.15, 0.2) is 47.3 Å². The molecule has 3 aromatic rings. The van der Waals surface area contributed by atoms with Crippen molar-refractivity contribution in [2.45, 2.75) is 0 Å². The van der Waals surface area contributed by atoms with Crippen LogP contribution in [-0.2, 0) is 0 Å². The van der Waals surface area contributed by atoms with Crippen molar-refractivity contribution in [3.63, 3.8) is 0 Å². The molecule has 2 aromatic carbocycles. The van der Waals surface area contributed by atoms with Gasteiger partial charge in [0.25, 0.3) is 5.56 Å². The molecule has 0 radical (unpaired) electrons. The van der Waals surface area contributed by atoms with E-state index in [1.54, 1.807) is 37.4 Å². The van der Waals surface area contributed by atoms with Crippen LogP contribution in [0.1, 0.15) is 0 Å². The number of aromatic nitrogens is 2. The van der Waals surface area contributed by atoms with Crippen LogP contribution in [0.5, 0.6) is 5.75 Å². The van der Waals surface area contributed by atoms with E-state index in [1.807, 2.05) is 0 Å². The lowest BCUT2D eigenvalue weighted by Gasteiger charge is -2.05. The molecule has 5 heteroatoms. The van der Waals surface area contributed by atoms with Crippen LogP contribution >= 0.6 is 0 Å². The van der Waals surface area contributed by atoms with Gasteiger partial charge in [-0.15, -0.1) is 0 Å². The average molecular weight is 270 g/mol. The summed E-state index contributed by atoms with van der Waals surface area (Å²) in [7, 11) is 1.58. The minimum Gasteiger partial charge on any atom is -0.497 e. The maximum atomic E-state index is 13.6. The van der Waals surface area contributed by atoms with Gasteiger partial charge in [-0.05, 0) is 36.4 Å². The lowest BCUT2D eigenvalue weighted by molar-refractivity contribution is 0.415. The van der Waals surface area contributed by atoms with Crippen LogP contribution < -0.4 is 10.3 Å². The Hall–Kier alpha value is -2.69. The Bertz CT molecular complexity index is 825. The van der Waals surface area contributed by atoms with Crippen molar-refractivity contribution >= 4 is 10.9 Å². The topological polar surface area (TPSA) is 55.0 Å². The third-order valence-electron chi connectivity index (χ3n) is 3.05. The fraction of sp³-hybridized carbons (Fsp3) is 0.0667. The molecule has 0 saturated carbocycles. The normalized spacial score (nSPS) is 10.7. The number of halogens is 1. The zero-order valence-electron chi connectivity index (χ0n) is 10.7. The number of hydrogen-bond acceptors (Lipinski definition) is 3. The van der Waals surface area contributed by atoms with Crippen LogP contribution in [0.2, 0.25) is 0 Å². The van der Waals surface area contributed by atoms with Crippen molar-refractivity contribution in [2.24, 2.45) is 0 Å². The number of aromatic amines is 1. The van der Waals surface area contributed by atoms with E-state index in [9.17, 15) is 9.18 Å². The van der Waals surface area contributed by atoms with Crippen LogP contribution in [0.25, 0.3) is 22.3 Å². The molecule has 1 heterocycles. The molecule has 0 atom stereocenters. The van der Waals surface area contributed by atoms with Gasteiger partial charge in [-0.3, -0.25) is 4.79 Å². The Morgan fingerprint density at radius 2 is 1.90 bits per heavy atom. The second kappa shape index (κ2) is 4.77. The Kier molecular flexibility index (Phi) is 2.95. The summed E-state index contributed by atoms with van der Waals surface area (Å²) in [6.07, 6.45) is 0. The van der Waals surface area contributed by atoms with E-state index in [0.717, 1.165) is 5.56 Å². The summed E-state index contributed by atoms with van der Waals surface area (Å²) in [5.74, 6) is 0.538. The first-order valence-electron chi connectivity index (χ1n) is 6.02. The number of rotatable bonds is 2. The highest BCUT2D eigenvalue weighted by Gasteiger charge is 2.09. The van der Waals surface area contributed by atoms with Crippen LogP contribution in [0, 0.1) is 5.82 Å². The predicted octanol–water partition coefficient (Wildman–Crippen LogP) is 2.74. The Morgan fingerprint density at radius 1 is 1.15 bits per heavy atom. The number of nitrogens with one attached hydrogen (secondary N) is 1. The van der Waals surface area contributed by atoms with Gasteiger partial charge in [-0.2, -0.15) is 0 Å². The van der Waals surface area contributed by atoms with Crippen LogP contribution in [-0.4, -0.2) is 17.1 Å². The number of benzene rings is 2. The van der Waals surface area contributed by atoms with Crippen molar-refractivity contribution in [2.75, 3.05) is 7.11 Å². The standard InChI is InChI=1S/C15H11FN2O2/c1-20-10-7-5-9(6-8-10)14-17-12-4-2-3-11(16)13(12)15(19)18-14/h2-8H,1H3,(H,17,18,19). The van der Waals surface area contributed by atoms with E-state index in [0.29, 0.717) is 17.1 Å². The lowest BCUT2D eigenvalue weighted by Crippen LogP contribution is -2.11. The maximum absolute atomic E-state index is 13.6. The highest BCUT2D eigenvalue weighted by molar-refractivity contribution is 5.80. The van der Waals surface area contributed by atoms with E-state index in [1.165, 1.54) is 12.1 Å². The average Bonchev–Trinajstić information content (AvgIpc) is 2.47. The minimum absolute atomic E-state index is 0.0234. The van der Waals surface area contributed by atoms with Gasteiger partial charge in [-0.1, -0.05) is 6.07 Å². The van der Waals surface area contributed by atoms with Gasteiger partial charge in [0, 0.05) is 5.56 Å². The second-order valence-electron chi connectivity index (χ2n) is 4.28. The molecule has 100 valence electrons. The largest absolute Gasteiger partial charge is 0.497 e. The quantitative estimate of drug-likeness (QED) is 0.779. The minimum atomic E-state index is -0.572. The number of nitrogens with zero attached hydrogens (tertiary/aromatic N) is 1. The molecule has 0 aliphatic heterocycles. The van der Waals surface area contributed by atoms with E-state index < -0.39 is 11.4 Å². The second-order valence-corrected chi connectivity index (χ2v) is 4.28. The summed E-state index contributed by atoms with van der Waals surface area (Å²) in [5.41, 5.74) is 0.576. The molecule has 0 aliphatic rings. The lowest BCUT2D eigenvalue weighted by atomic mass is 10.2. The SMILES string of the molecule is COc1ccc(-c2nc3cccc(F)c3c(=O)[nH]2)cc1. The summed E-state index contributed by atoms with van der Waals surface area (Å²) in [6, 6.07) is 11.5. The van der Waals surface area contributed by atoms with Gasteiger partial charge in [-0.25, -0.2) is 9.37 Å². The molecule has 0 saturated heterocycles. The molecular formula is C15H11FN2O2. The van der Waals surface area contributed by atoms with Crippen molar-refractivity contribution in [1.82, 2.24) is 9.97 Å². The molecule has 0 bridgehead atoms. The zero-order valence-corrected chi connectivity index (χ0v) is 10.7. The number of H-pyrrole nitrogens is 1. The summed E-state index contributed by atoms with van der Waals surface area (Å²) >= 11 is 0. The molecule has 0 unspecified atom stereocenters. The molecule has 0 aliphatic carbocycles. The van der Waals surface area contributed by atoms with Gasteiger partial charge in [0.15, 0.2) is 0 Å². The van der Waals surface area contributed by atoms with Crippen LogP contribution in [0.3, 0.4) is 0 Å². The third-order valence-corrected chi connectivity index (χ3v) is 3.05. The van der Waals surface area contributed by atoms with Crippen molar-refractivity contribution in [3.05, 3.63) is 58.6 Å². The molecule has 20 heavy (non-hydrogen) atoms. The Morgan fingerprint density at radius 3 is 2.60 bits per heavy atom. The Labute approximate surface area is 113 Å². The van der Waals surface area contributed by atoms with Gasteiger partial charge < -0.3 is 9.72 Å². The summed E-state index contributed by atoms with van der Waals surface area (Å²) in [6.45, 7) is 0. The van der Waals surface area contributed by atoms with Crippen molar-refractivity contribution in [1.29, 1.82) is 0 Å². The van der Waals surface area contributed by atoms with E-state index in [2.05, 4.69) is 9.97 Å². The smallest absolute Gasteiger partial charge is 0.262 e. The first kappa shape index (κ1) is 12.3. The molecular weight excluding hydrogens is 259 g/mol. The molecule has 1 aromatic heterocycles. The fourth-order valence-electron chi connectivity index (χ4n) is 2.03. The number of fused-ring (bicyclic) bond motifs is 1. The molecule has 0 amide bonds. The maximum Gasteiger partial charge on any atom is 0.262 e. The van der Waals surface area contributed by atoms with Gasteiger partial charge in [0.05, 0.1) is 12.6 Å². The highest BCUT2D eigenvalue weighted by Crippen LogP contribution is 2.20. The van der Waals surface area contributed by atoms with E-state index in [4.69, 9.17) is 4.74 Å². The summed E-state index contributed by atoms with van der Waals surface area (Å²) in [4.78, 5) is 18.8. The fourth-order valence-corrected chi connectivity index (χ4v) is 2.03. The van der Waals surface area contributed by atoms with Gasteiger partial charge in [0.2, 0.25) is 0 Å². The Balaban J connectivity index is 2.19. The zero-order chi connectivity index (χ0) is 14.1. The van der Waals surface area contributed by atoms with E-state index in [-0.39, 0.29) is 5.39 Å². The van der Waals surface area contributed by atoms with Crippen LogP contribution in [0.4, 0.5) is 4.39 Å².